The van der Waals surface area contributed by atoms with Gasteiger partial charge in [-0.05, 0) is 117 Å². The lowest BCUT2D eigenvalue weighted by atomic mass is 10.2. The van der Waals surface area contributed by atoms with E-state index in [0.717, 1.165) is 28.6 Å². The van der Waals surface area contributed by atoms with Crippen molar-refractivity contribution in [3.05, 3.63) is 151 Å². The number of carbonyl (C=O) groups is 3. The van der Waals surface area contributed by atoms with E-state index in [-0.39, 0.29) is 6.03 Å². The molecule has 4 aromatic carbocycles. The van der Waals surface area contributed by atoms with E-state index in [1.807, 2.05) is 36.4 Å². The molecule has 0 spiro atoms. The molecule has 0 atom stereocenters. The van der Waals surface area contributed by atoms with Gasteiger partial charge < -0.3 is 52.0 Å². The van der Waals surface area contributed by atoms with Crippen LogP contribution < -0.4 is 47.3 Å². The molecule has 354 valence electrons. The van der Waals surface area contributed by atoms with Gasteiger partial charge in [0, 0.05) is 76.2 Å². The molecule has 0 saturated heterocycles. The van der Waals surface area contributed by atoms with Crippen LogP contribution in [0.15, 0.2) is 134 Å². The molecule has 4 heterocycles. The fourth-order valence-electron chi connectivity index (χ4n) is 6.95. The summed E-state index contributed by atoms with van der Waals surface area (Å²) < 4.78 is 9.95. The Balaban J connectivity index is 0.000000174. The number of nitrogens with one attached hydrogen (secondary N) is 10. The maximum absolute atomic E-state index is 12.3. The average molecular weight is 941 g/mol. The Bertz CT molecular complexity index is 3080. The molecule has 2 aliphatic carbocycles. The molecule has 70 heavy (non-hydrogen) atoms. The van der Waals surface area contributed by atoms with Gasteiger partial charge in [0.25, 0.3) is 0 Å². The highest BCUT2D eigenvalue weighted by Gasteiger charge is 2.26. The van der Waals surface area contributed by atoms with E-state index in [2.05, 4.69) is 82.9 Å². The Morgan fingerprint density at radius 1 is 0.514 bits per heavy atom. The summed E-state index contributed by atoms with van der Waals surface area (Å²) in [5, 5.41) is 38.4. The number of methoxy groups -OCH3 is 2. The standard InChI is InChI=1S/C25H24N8O3.C24H24N8O2/c1-36-23(34)16-3-2-4-19(13-16)29-25(35)28-18-9-7-17(8-10-18)27-24-26-12-11-21(31-24)30-22-14-20(32-33-22)15-5-6-15;1-34-20-5-3-2-4-18(20)28-24(33)27-17-10-8-16(9-11-17)26-23-25-13-12-21(30-23)29-22-14-19(31-32-22)15-6-7-15/h2-4,7-15H,5-6H2,1H3,(H2,28,29,35)(H3,26,27,30,31,32,33);2-5,8-15H,6-7H2,1H3,(H2,27,28,33)(H3,25,26,29,30,31,32). The Morgan fingerprint density at radius 3 is 1.53 bits per heavy atom. The number of aromatic nitrogens is 8. The van der Waals surface area contributed by atoms with Crippen molar-refractivity contribution in [2.75, 3.05) is 56.8 Å². The Labute approximate surface area is 401 Å². The van der Waals surface area contributed by atoms with Gasteiger partial charge in [-0.1, -0.05) is 18.2 Å². The molecule has 0 bridgehead atoms. The number of carbonyl (C=O) groups excluding carboxylic acids is 3. The van der Waals surface area contributed by atoms with Gasteiger partial charge in [0.15, 0.2) is 11.6 Å². The molecule has 4 aromatic heterocycles. The van der Waals surface area contributed by atoms with Crippen molar-refractivity contribution >= 4 is 87.3 Å². The largest absolute Gasteiger partial charge is 0.495 e. The van der Waals surface area contributed by atoms with Crippen LogP contribution in [0.5, 0.6) is 5.75 Å². The van der Waals surface area contributed by atoms with E-state index in [0.29, 0.717) is 75.2 Å². The second-order valence-corrected chi connectivity index (χ2v) is 16.1. The zero-order chi connectivity index (χ0) is 48.2. The number of hydrogen-bond donors (Lipinski definition) is 10. The zero-order valence-corrected chi connectivity index (χ0v) is 37.9. The molecule has 4 amide bonds. The molecule has 2 saturated carbocycles. The number of H-pyrrole nitrogens is 2. The first kappa shape index (κ1) is 45.6. The molecule has 10 N–H and O–H groups in total. The van der Waals surface area contributed by atoms with E-state index in [1.54, 1.807) is 104 Å². The van der Waals surface area contributed by atoms with Gasteiger partial charge in [0.2, 0.25) is 11.9 Å². The topological polar surface area (TPSA) is 275 Å². The van der Waals surface area contributed by atoms with E-state index in [1.165, 1.54) is 32.8 Å². The number of ether oxygens (including phenoxy) is 2. The third kappa shape index (κ3) is 12.7. The summed E-state index contributed by atoms with van der Waals surface area (Å²) in [6, 6.07) is 34.8. The number of amides is 4. The lowest BCUT2D eigenvalue weighted by Crippen LogP contribution is -2.19. The fraction of sp³-hybridized carbons (Fsp3) is 0.163. The van der Waals surface area contributed by atoms with Gasteiger partial charge in [-0.15, -0.1) is 0 Å². The first-order chi connectivity index (χ1) is 34.2. The van der Waals surface area contributed by atoms with Crippen LogP contribution in [-0.4, -0.2) is 72.6 Å². The second kappa shape index (κ2) is 21.4. The van der Waals surface area contributed by atoms with Crippen LogP contribution in [0.3, 0.4) is 0 Å². The van der Waals surface area contributed by atoms with Crippen LogP contribution in [0.25, 0.3) is 0 Å². The van der Waals surface area contributed by atoms with E-state index < -0.39 is 12.0 Å². The Hall–Kier alpha value is -9.53. The van der Waals surface area contributed by atoms with Gasteiger partial charge in [-0.2, -0.15) is 20.2 Å². The first-order valence-electron chi connectivity index (χ1n) is 22.2. The number of para-hydroxylation sites is 2. The molecule has 0 radical (unpaired) electrons. The minimum Gasteiger partial charge on any atom is -0.495 e. The quantitative estimate of drug-likeness (QED) is 0.0404. The van der Waals surface area contributed by atoms with E-state index in [9.17, 15) is 14.4 Å². The van der Waals surface area contributed by atoms with Gasteiger partial charge in [0.1, 0.15) is 17.4 Å². The summed E-state index contributed by atoms with van der Waals surface area (Å²) in [4.78, 5) is 53.8. The Kier molecular flexibility index (Phi) is 13.9. The fourth-order valence-corrected chi connectivity index (χ4v) is 6.95. The molecule has 8 aromatic rings. The third-order valence-corrected chi connectivity index (χ3v) is 10.7. The maximum atomic E-state index is 12.3. The van der Waals surface area contributed by atoms with Gasteiger partial charge >= 0.3 is 18.0 Å². The zero-order valence-electron chi connectivity index (χ0n) is 37.9. The molecule has 2 fully saturated rings. The summed E-state index contributed by atoms with van der Waals surface area (Å²) >= 11 is 0. The number of rotatable bonds is 16. The summed E-state index contributed by atoms with van der Waals surface area (Å²) in [5.41, 5.74) is 6.45. The number of aromatic amines is 2. The first-order valence-corrected chi connectivity index (χ1v) is 22.2. The number of nitrogens with zero attached hydrogens (tertiary/aromatic N) is 6. The van der Waals surface area contributed by atoms with Crippen molar-refractivity contribution in [3.8, 4) is 5.75 Å². The maximum Gasteiger partial charge on any atom is 0.337 e. The predicted molar refractivity (Wildman–Crippen MR) is 267 cm³/mol. The molecule has 21 heteroatoms. The summed E-state index contributed by atoms with van der Waals surface area (Å²) in [6.45, 7) is 0. The van der Waals surface area contributed by atoms with Crippen molar-refractivity contribution in [2.45, 2.75) is 37.5 Å². The highest BCUT2D eigenvalue weighted by atomic mass is 16.5. The second-order valence-electron chi connectivity index (χ2n) is 16.1. The summed E-state index contributed by atoms with van der Waals surface area (Å²) in [6.07, 6.45) is 8.15. The highest BCUT2D eigenvalue weighted by molar-refractivity contribution is 6.01. The smallest absolute Gasteiger partial charge is 0.337 e. The van der Waals surface area contributed by atoms with Crippen molar-refractivity contribution in [1.82, 2.24) is 40.3 Å². The van der Waals surface area contributed by atoms with Gasteiger partial charge in [-0.3, -0.25) is 10.2 Å². The number of esters is 1. The van der Waals surface area contributed by atoms with E-state index in [4.69, 9.17) is 9.47 Å². The number of urea groups is 2. The van der Waals surface area contributed by atoms with Gasteiger partial charge in [0.05, 0.1) is 25.5 Å². The monoisotopic (exact) mass is 940 g/mol. The van der Waals surface area contributed by atoms with Gasteiger partial charge in [-0.25, -0.2) is 24.4 Å². The van der Waals surface area contributed by atoms with Crippen LogP contribution in [0.4, 0.5) is 78.9 Å². The molecule has 10 rings (SSSR count). The van der Waals surface area contributed by atoms with Crippen molar-refractivity contribution < 1.29 is 23.9 Å². The van der Waals surface area contributed by atoms with Crippen LogP contribution >= 0.6 is 0 Å². The molecular weight excluding hydrogens is 893 g/mol. The van der Waals surface area contributed by atoms with Crippen LogP contribution in [0, 0.1) is 0 Å². The Morgan fingerprint density at radius 2 is 1.01 bits per heavy atom. The molecule has 21 nitrogen and oxygen atoms in total. The lowest BCUT2D eigenvalue weighted by molar-refractivity contribution is 0.0600. The molecule has 0 unspecified atom stereocenters. The minimum atomic E-state index is -0.476. The molecule has 0 aliphatic heterocycles. The SMILES string of the molecule is COC(=O)c1cccc(NC(=O)Nc2ccc(Nc3nccc(Nc4cc(C5CC5)[nH]n4)n3)cc2)c1.COc1ccccc1NC(=O)Nc1ccc(Nc2nccc(Nc3cc(C4CC4)[nH]n3)n2)cc1. The highest BCUT2D eigenvalue weighted by Crippen LogP contribution is 2.40. The minimum absolute atomic E-state index is 0.347. The predicted octanol–water partition coefficient (Wildman–Crippen LogP) is 10.2. The van der Waals surface area contributed by atoms with E-state index >= 15 is 0 Å². The summed E-state index contributed by atoms with van der Waals surface area (Å²) in [7, 11) is 2.86. The normalized spacial score (nSPS) is 12.5. The van der Waals surface area contributed by atoms with Crippen molar-refractivity contribution in [2.24, 2.45) is 0 Å². The number of hydrogen-bond acceptors (Lipinski definition) is 15. The summed E-state index contributed by atoms with van der Waals surface area (Å²) in [5.74, 6) is 4.87. The van der Waals surface area contributed by atoms with Crippen LogP contribution in [0.2, 0.25) is 0 Å². The number of benzene rings is 4. The number of anilines is 12. The lowest BCUT2D eigenvalue weighted by Gasteiger charge is -2.11. The van der Waals surface area contributed by atoms with Crippen molar-refractivity contribution in [3.63, 3.8) is 0 Å². The van der Waals surface area contributed by atoms with Crippen LogP contribution in [-0.2, 0) is 4.74 Å². The molecular formula is C49H48N16O5. The third-order valence-electron chi connectivity index (χ3n) is 10.7. The molecule has 2 aliphatic rings. The van der Waals surface area contributed by atoms with Crippen molar-refractivity contribution in [1.29, 1.82) is 0 Å². The van der Waals surface area contributed by atoms with Crippen LogP contribution in [0.1, 0.15) is 59.3 Å². The average Bonchev–Trinajstić information content (AvgIpc) is 4.31.